The van der Waals surface area contributed by atoms with Gasteiger partial charge in [0.2, 0.25) is 0 Å². The van der Waals surface area contributed by atoms with E-state index in [-0.39, 0.29) is 29.0 Å². The molecule has 2 aliphatic rings. The van der Waals surface area contributed by atoms with Gasteiger partial charge in [-0.1, -0.05) is 11.6 Å². The minimum Gasteiger partial charge on any atom is -0.461 e. The summed E-state index contributed by atoms with van der Waals surface area (Å²) in [5.41, 5.74) is 0.301. The molecule has 7 heteroatoms. The van der Waals surface area contributed by atoms with E-state index in [9.17, 15) is 14.0 Å². The second kappa shape index (κ2) is 6.45. The van der Waals surface area contributed by atoms with Gasteiger partial charge in [0.1, 0.15) is 18.0 Å². The Bertz CT molecular complexity index is 632. The molecule has 2 saturated heterocycles. The van der Waals surface area contributed by atoms with Gasteiger partial charge >= 0.3 is 5.97 Å². The number of carbonyl (C=O) groups is 2. The van der Waals surface area contributed by atoms with Crippen molar-refractivity contribution in [3.8, 4) is 0 Å². The van der Waals surface area contributed by atoms with Crippen LogP contribution in [0.1, 0.15) is 23.7 Å². The molecule has 1 amide bonds. The van der Waals surface area contributed by atoms with E-state index in [1.807, 2.05) is 6.92 Å². The maximum Gasteiger partial charge on any atom is 0.323 e. The van der Waals surface area contributed by atoms with Crippen LogP contribution in [0.5, 0.6) is 0 Å². The van der Waals surface area contributed by atoms with E-state index in [0.717, 1.165) is 6.07 Å². The first-order chi connectivity index (χ1) is 11.0. The number of carbonyl (C=O) groups excluding carboxylic acids is 2. The first kappa shape index (κ1) is 16.2. The van der Waals surface area contributed by atoms with E-state index in [2.05, 4.69) is 4.90 Å². The molecule has 2 fully saturated rings. The Hall–Kier alpha value is -1.66. The summed E-state index contributed by atoms with van der Waals surface area (Å²) in [7, 11) is 0. The van der Waals surface area contributed by atoms with Gasteiger partial charge < -0.3 is 9.64 Å². The number of nitrogens with zero attached hydrogens (tertiary/aromatic N) is 2. The lowest BCUT2D eigenvalue weighted by atomic mass is 10.1. The van der Waals surface area contributed by atoms with Crippen molar-refractivity contribution in [3.05, 3.63) is 34.6 Å². The van der Waals surface area contributed by atoms with E-state index in [4.69, 9.17) is 16.3 Å². The molecule has 0 unspecified atom stereocenters. The normalized spacial score (nSPS) is 25.5. The number of hydrogen-bond acceptors (Lipinski definition) is 4. The number of amides is 1. The van der Waals surface area contributed by atoms with Gasteiger partial charge in [0.15, 0.2) is 0 Å². The van der Waals surface area contributed by atoms with Crippen molar-refractivity contribution >= 4 is 23.5 Å². The van der Waals surface area contributed by atoms with Crippen LogP contribution < -0.4 is 0 Å². The molecule has 0 N–H and O–H groups in total. The molecule has 3 rings (SSSR count). The SMILES string of the molecule is C[C@H]1C[C@H](N2CCN(C(=O)c3ccc(F)cc3Cl)CC2)C(=O)O1. The Morgan fingerprint density at radius 1 is 1.30 bits per heavy atom. The molecule has 124 valence electrons. The molecule has 1 aromatic carbocycles. The van der Waals surface area contributed by atoms with Gasteiger partial charge in [-0.05, 0) is 25.1 Å². The summed E-state index contributed by atoms with van der Waals surface area (Å²) in [6.45, 7) is 4.11. The lowest BCUT2D eigenvalue weighted by molar-refractivity contribution is -0.145. The van der Waals surface area contributed by atoms with Gasteiger partial charge in [-0.2, -0.15) is 0 Å². The highest BCUT2D eigenvalue weighted by Gasteiger charge is 2.38. The first-order valence-electron chi connectivity index (χ1n) is 7.64. The third kappa shape index (κ3) is 3.33. The molecule has 2 aliphatic heterocycles. The summed E-state index contributed by atoms with van der Waals surface area (Å²) in [5, 5.41) is 0.116. The molecule has 0 aliphatic carbocycles. The van der Waals surface area contributed by atoms with E-state index >= 15 is 0 Å². The fourth-order valence-corrected chi connectivity index (χ4v) is 3.35. The van der Waals surface area contributed by atoms with Crippen LogP contribution in [0.2, 0.25) is 5.02 Å². The zero-order chi connectivity index (χ0) is 16.6. The fraction of sp³-hybridized carbons (Fsp3) is 0.500. The van der Waals surface area contributed by atoms with Crippen molar-refractivity contribution in [2.24, 2.45) is 0 Å². The van der Waals surface area contributed by atoms with Crippen molar-refractivity contribution in [3.63, 3.8) is 0 Å². The Balaban J connectivity index is 1.62. The van der Waals surface area contributed by atoms with Gasteiger partial charge in [0.25, 0.3) is 5.91 Å². The Labute approximate surface area is 138 Å². The number of rotatable bonds is 2. The van der Waals surface area contributed by atoms with Crippen LogP contribution in [0.4, 0.5) is 4.39 Å². The average molecular weight is 341 g/mol. The number of ether oxygens (including phenoxy) is 1. The minimum atomic E-state index is -0.467. The van der Waals surface area contributed by atoms with Crippen molar-refractivity contribution in [2.45, 2.75) is 25.5 Å². The van der Waals surface area contributed by atoms with Crippen LogP contribution in [-0.4, -0.2) is 60.0 Å². The summed E-state index contributed by atoms with van der Waals surface area (Å²) in [4.78, 5) is 28.0. The van der Waals surface area contributed by atoms with Crippen molar-refractivity contribution in [1.82, 2.24) is 9.80 Å². The van der Waals surface area contributed by atoms with Crippen molar-refractivity contribution < 1.29 is 18.7 Å². The van der Waals surface area contributed by atoms with Crippen molar-refractivity contribution in [2.75, 3.05) is 26.2 Å². The van der Waals surface area contributed by atoms with Crippen LogP contribution in [0.15, 0.2) is 18.2 Å². The number of hydrogen-bond donors (Lipinski definition) is 0. The number of piperazine rings is 1. The molecular weight excluding hydrogens is 323 g/mol. The number of benzene rings is 1. The quantitative estimate of drug-likeness (QED) is 0.772. The molecular formula is C16H18ClFN2O3. The zero-order valence-electron chi connectivity index (χ0n) is 12.8. The highest BCUT2D eigenvalue weighted by Crippen LogP contribution is 2.23. The van der Waals surface area contributed by atoms with Gasteiger partial charge in [0.05, 0.1) is 10.6 Å². The van der Waals surface area contributed by atoms with Crippen LogP contribution >= 0.6 is 11.6 Å². The topological polar surface area (TPSA) is 49.9 Å². The third-order valence-electron chi connectivity index (χ3n) is 4.35. The highest BCUT2D eigenvalue weighted by molar-refractivity contribution is 6.33. The van der Waals surface area contributed by atoms with Crippen LogP contribution in [0, 0.1) is 5.82 Å². The summed E-state index contributed by atoms with van der Waals surface area (Å²) in [6, 6.07) is 3.56. The lowest BCUT2D eigenvalue weighted by Crippen LogP contribution is -2.53. The van der Waals surface area contributed by atoms with E-state index in [0.29, 0.717) is 38.2 Å². The summed E-state index contributed by atoms with van der Waals surface area (Å²) < 4.78 is 18.3. The third-order valence-corrected chi connectivity index (χ3v) is 4.66. The monoisotopic (exact) mass is 340 g/mol. The second-order valence-corrected chi connectivity index (χ2v) is 6.36. The summed E-state index contributed by atoms with van der Waals surface area (Å²) in [6.07, 6.45) is 0.640. The first-order valence-corrected chi connectivity index (χ1v) is 8.02. The van der Waals surface area contributed by atoms with Gasteiger partial charge in [0, 0.05) is 32.6 Å². The van der Waals surface area contributed by atoms with Crippen LogP contribution in [-0.2, 0) is 9.53 Å². The smallest absolute Gasteiger partial charge is 0.323 e. The molecule has 5 nitrogen and oxygen atoms in total. The average Bonchev–Trinajstić information content (AvgIpc) is 2.85. The molecule has 1 aromatic rings. The Morgan fingerprint density at radius 2 is 2.00 bits per heavy atom. The predicted octanol–water partition coefficient (Wildman–Crippen LogP) is 1.94. The molecule has 0 aromatic heterocycles. The standard InChI is InChI=1S/C16H18ClFN2O3/c1-10-8-14(16(22)23-10)19-4-6-20(7-5-19)15(21)12-3-2-11(18)9-13(12)17/h2-3,9-10,14H,4-8H2,1H3/t10-,14-/m0/s1. The molecule has 2 atom stereocenters. The van der Waals surface area contributed by atoms with Crippen molar-refractivity contribution in [1.29, 1.82) is 0 Å². The number of halogens is 2. The molecule has 0 bridgehead atoms. The number of esters is 1. The van der Waals surface area contributed by atoms with Crippen LogP contribution in [0.3, 0.4) is 0 Å². The lowest BCUT2D eigenvalue weighted by Gasteiger charge is -2.36. The van der Waals surface area contributed by atoms with E-state index in [1.165, 1.54) is 12.1 Å². The number of cyclic esters (lactones) is 1. The molecule has 2 heterocycles. The molecule has 23 heavy (non-hydrogen) atoms. The maximum absolute atomic E-state index is 13.1. The van der Waals surface area contributed by atoms with Gasteiger partial charge in [-0.25, -0.2) is 4.39 Å². The van der Waals surface area contributed by atoms with E-state index < -0.39 is 5.82 Å². The predicted molar refractivity (Wildman–Crippen MR) is 82.8 cm³/mol. The van der Waals surface area contributed by atoms with Gasteiger partial charge in [-0.3, -0.25) is 14.5 Å². The maximum atomic E-state index is 13.1. The second-order valence-electron chi connectivity index (χ2n) is 5.95. The summed E-state index contributed by atoms with van der Waals surface area (Å²) in [5.74, 6) is -0.860. The minimum absolute atomic E-state index is 0.0508. The Kier molecular flexibility index (Phi) is 4.55. The Morgan fingerprint density at radius 3 is 2.57 bits per heavy atom. The molecule has 0 radical (unpaired) electrons. The fourth-order valence-electron chi connectivity index (χ4n) is 3.10. The largest absolute Gasteiger partial charge is 0.461 e. The zero-order valence-corrected chi connectivity index (χ0v) is 13.6. The van der Waals surface area contributed by atoms with E-state index in [1.54, 1.807) is 4.90 Å². The van der Waals surface area contributed by atoms with Crippen LogP contribution in [0.25, 0.3) is 0 Å². The summed E-state index contributed by atoms with van der Waals surface area (Å²) >= 11 is 5.95. The highest BCUT2D eigenvalue weighted by atomic mass is 35.5. The molecule has 0 spiro atoms. The van der Waals surface area contributed by atoms with Gasteiger partial charge in [-0.15, -0.1) is 0 Å². The molecule has 0 saturated carbocycles.